The number of nitrogens with one attached hydrogen (secondary N) is 1. The molecular weight excluding hydrogens is 385 g/mol. The number of anilines is 2. The van der Waals surface area contributed by atoms with Crippen LogP contribution in [0.25, 0.3) is 0 Å². The lowest BCUT2D eigenvalue weighted by atomic mass is 9.88. The first-order valence-electron chi connectivity index (χ1n) is 9.06. The summed E-state index contributed by atoms with van der Waals surface area (Å²) < 4.78 is 40.4. The van der Waals surface area contributed by atoms with Crippen molar-refractivity contribution in [3.63, 3.8) is 0 Å². The molecule has 0 aliphatic carbocycles. The fourth-order valence-corrected chi connectivity index (χ4v) is 4.85. The average molecular weight is 407 g/mol. The molecule has 1 unspecified atom stereocenters. The predicted molar refractivity (Wildman–Crippen MR) is 103 cm³/mol. The molecule has 28 heavy (non-hydrogen) atoms. The molecule has 2 aliphatic rings. The second-order valence-electron chi connectivity index (χ2n) is 7.36. The first-order valence-corrected chi connectivity index (χ1v) is 10.9. The molecule has 150 valence electrons. The maximum atomic E-state index is 14.0. The van der Waals surface area contributed by atoms with Gasteiger partial charge in [0.15, 0.2) is 0 Å². The lowest BCUT2D eigenvalue weighted by Gasteiger charge is -2.29. The number of benzene rings is 1. The molecule has 4 rings (SSSR count). The van der Waals surface area contributed by atoms with E-state index in [1.165, 1.54) is 21.1 Å². The summed E-state index contributed by atoms with van der Waals surface area (Å²) in [5.41, 5.74) is 9.29. The van der Waals surface area contributed by atoms with E-state index < -0.39 is 21.8 Å². The van der Waals surface area contributed by atoms with Gasteiger partial charge in [0, 0.05) is 24.3 Å². The molecule has 3 N–H and O–H groups in total. The standard InChI is InChI=1S/C18H22FN5O3S/c1-10-7-11(19)8-14-12(3-5-21-16(10)14)18(25)24-15-9-23(28(2,26)27)6-4-13(15)17(20)22-24/h7-8,12,21H,3-6,9H2,1-2H3,(H2,20,22). The van der Waals surface area contributed by atoms with Crippen LogP contribution in [0, 0.1) is 12.7 Å². The van der Waals surface area contributed by atoms with Gasteiger partial charge in [0.1, 0.15) is 11.6 Å². The molecule has 2 aromatic rings. The third kappa shape index (κ3) is 3.06. The zero-order valence-electron chi connectivity index (χ0n) is 15.7. The van der Waals surface area contributed by atoms with Crippen LogP contribution in [-0.4, -0.2) is 47.8 Å². The highest BCUT2D eigenvalue weighted by Crippen LogP contribution is 2.37. The molecular formula is C18H22FN5O3S. The quantitative estimate of drug-likeness (QED) is 0.780. The summed E-state index contributed by atoms with van der Waals surface area (Å²) >= 11 is 0. The summed E-state index contributed by atoms with van der Waals surface area (Å²) in [5, 5.41) is 7.44. The van der Waals surface area contributed by atoms with Gasteiger partial charge in [0.25, 0.3) is 5.91 Å². The topological polar surface area (TPSA) is 110 Å². The molecule has 0 saturated heterocycles. The van der Waals surface area contributed by atoms with Crippen LogP contribution in [0.15, 0.2) is 12.1 Å². The summed E-state index contributed by atoms with van der Waals surface area (Å²) in [6.07, 6.45) is 2.02. The van der Waals surface area contributed by atoms with Gasteiger partial charge in [-0.1, -0.05) is 0 Å². The van der Waals surface area contributed by atoms with Crippen molar-refractivity contribution < 1.29 is 17.6 Å². The molecule has 0 fully saturated rings. The Balaban J connectivity index is 1.76. The Hall–Kier alpha value is -2.46. The largest absolute Gasteiger partial charge is 0.385 e. The molecule has 0 bridgehead atoms. The van der Waals surface area contributed by atoms with Crippen molar-refractivity contribution in [1.29, 1.82) is 0 Å². The Morgan fingerprint density at radius 3 is 2.86 bits per heavy atom. The number of halogens is 1. The number of nitrogens with two attached hydrogens (primary N) is 1. The van der Waals surface area contributed by atoms with Gasteiger partial charge >= 0.3 is 0 Å². The zero-order valence-corrected chi connectivity index (χ0v) is 16.5. The number of carbonyl (C=O) groups is 1. The monoisotopic (exact) mass is 407 g/mol. The Morgan fingerprint density at radius 1 is 1.39 bits per heavy atom. The second kappa shape index (κ2) is 6.56. The van der Waals surface area contributed by atoms with E-state index in [0.29, 0.717) is 42.8 Å². The van der Waals surface area contributed by atoms with Crippen LogP contribution < -0.4 is 11.1 Å². The van der Waals surface area contributed by atoms with Gasteiger partial charge in [0.05, 0.1) is 24.4 Å². The lowest BCUT2D eigenvalue weighted by Crippen LogP contribution is -2.37. The Morgan fingerprint density at radius 2 is 2.14 bits per heavy atom. The van der Waals surface area contributed by atoms with Crippen LogP contribution in [0.4, 0.5) is 15.9 Å². The smallest absolute Gasteiger partial charge is 0.254 e. The third-order valence-electron chi connectivity index (χ3n) is 5.48. The number of sulfonamides is 1. The van der Waals surface area contributed by atoms with Gasteiger partial charge in [-0.2, -0.15) is 4.31 Å². The number of nitrogen functional groups attached to an aromatic ring is 1. The fourth-order valence-electron chi connectivity index (χ4n) is 4.07. The van der Waals surface area contributed by atoms with E-state index in [0.717, 1.165) is 17.5 Å². The summed E-state index contributed by atoms with van der Waals surface area (Å²) in [4.78, 5) is 13.4. The molecule has 10 heteroatoms. The van der Waals surface area contributed by atoms with Crippen molar-refractivity contribution in [2.75, 3.05) is 30.4 Å². The van der Waals surface area contributed by atoms with Gasteiger partial charge in [-0.3, -0.25) is 4.79 Å². The van der Waals surface area contributed by atoms with Gasteiger partial charge in [-0.05, 0) is 43.0 Å². The normalized spacial score (nSPS) is 19.6. The van der Waals surface area contributed by atoms with Gasteiger partial charge < -0.3 is 11.1 Å². The van der Waals surface area contributed by atoms with Gasteiger partial charge in [-0.25, -0.2) is 17.5 Å². The van der Waals surface area contributed by atoms with Gasteiger partial charge in [-0.15, -0.1) is 5.10 Å². The van der Waals surface area contributed by atoms with E-state index in [4.69, 9.17) is 5.73 Å². The maximum absolute atomic E-state index is 14.0. The van der Waals surface area contributed by atoms with Crippen LogP contribution >= 0.6 is 0 Å². The molecule has 0 amide bonds. The van der Waals surface area contributed by atoms with Crippen LogP contribution in [0.3, 0.4) is 0 Å². The van der Waals surface area contributed by atoms with Crippen LogP contribution in [0.2, 0.25) is 0 Å². The minimum Gasteiger partial charge on any atom is -0.385 e. The Labute approximate surface area is 162 Å². The molecule has 1 aromatic carbocycles. The number of carbonyl (C=O) groups excluding carboxylic acids is 1. The number of aromatic nitrogens is 2. The summed E-state index contributed by atoms with van der Waals surface area (Å²) in [7, 11) is -3.41. The van der Waals surface area contributed by atoms with E-state index in [-0.39, 0.29) is 18.3 Å². The first-order chi connectivity index (χ1) is 13.2. The average Bonchev–Trinajstić information content (AvgIpc) is 2.96. The molecule has 0 saturated carbocycles. The molecule has 0 radical (unpaired) electrons. The number of aryl methyl sites for hydroxylation is 1. The minimum atomic E-state index is -3.41. The van der Waals surface area contributed by atoms with Crippen molar-refractivity contribution in [1.82, 2.24) is 14.1 Å². The Bertz CT molecular complexity index is 1080. The molecule has 8 nitrogen and oxygen atoms in total. The summed E-state index contributed by atoms with van der Waals surface area (Å²) in [6, 6.07) is 2.80. The van der Waals surface area contributed by atoms with Crippen molar-refractivity contribution >= 4 is 27.4 Å². The second-order valence-corrected chi connectivity index (χ2v) is 9.34. The lowest BCUT2D eigenvalue weighted by molar-refractivity contribution is 0.0850. The first kappa shape index (κ1) is 18.9. The van der Waals surface area contributed by atoms with Crippen molar-refractivity contribution in [3.05, 3.63) is 40.3 Å². The van der Waals surface area contributed by atoms with E-state index in [9.17, 15) is 17.6 Å². The zero-order chi connectivity index (χ0) is 20.2. The van der Waals surface area contributed by atoms with Crippen LogP contribution in [0.1, 0.15) is 39.5 Å². The summed E-state index contributed by atoms with van der Waals surface area (Å²) in [6.45, 7) is 2.71. The number of hydrogen-bond donors (Lipinski definition) is 2. The predicted octanol–water partition coefficient (Wildman–Crippen LogP) is 1.47. The van der Waals surface area contributed by atoms with E-state index in [1.807, 2.05) is 0 Å². The van der Waals surface area contributed by atoms with Gasteiger partial charge in [0.2, 0.25) is 10.0 Å². The highest BCUT2D eigenvalue weighted by molar-refractivity contribution is 7.88. The third-order valence-corrected chi connectivity index (χ3v) is 6.72. The molecule has 3 heterocycles. The highest BCUT2D eigenvalue weighted by Gasteiger charge is 2.35. The van der Waals surface area contributed by atoms with E-state index in [2.05, 4.69) is 10.4 Å². The molecule has 1 aromatic heterocycles. The summed E-state index contributed by atoms with van der Waals surface area (Å²) in [5.74, 6) is -1.07. The fraction of sp³-hybridized carbons (Fsp3) is 0.444. The number of hydrogen-bond acceptors (Lipinski definition) is 6. The van der Waals surface area contributed by atoms with Crippen molar-refractivity contribution in [2.45, 2.75) is 32.2 Å². The van der Waals surface area contributed by atoms with Crippen molar-refractivity contribution in [2.24, 2.45) is 0 Å². The van der Waals surface area contributed by atoms with Crippen LogP contribution in [0.5, 0.6) is 0 Å². The number of fused-ring (bicyclic) bond motifs is 2. The highest BCUT2D eigenvalue weighted by atomic mass is 32.2. The number of rotatable bonds is 2. The maximum Gasteiger partial charge on any atom is 0.254 e. The SMILES string of the molecule is Cc1cc(F)cc2c1NCCC2C(=O)n1nc(N)c2c1CN(S(C)(=O)=O)CC2. The van der Waals surface area contributed by atoms with E-state index >= 15 is 0 Å². The van der Waals surface area contributed by atoms with Crippen molar-refractivity contribution in [3.8, 4) is 0 Å². The Kier molecular flexibility index (Phi) is 4.42. The molecule has 1 atom stereocenters. The van der Waals surface area contributed by atoms with E-state index in [1.54, 1.807) is 6.92 Å². The minimum absolute atomic E-state index is 0.0457. The number of nitrogens with zero attached hydrogens (tertiary/aromatic N) is 3. The van der Waals surface area contributed by atoms with Crippen LogP contribution in [-0.2, 0) is 23.0 Å². The molecule has 2 aliphatic heterocycles. The molecule has 0 spiro atoms.